The van der Waals surface area contributed by atoms with Crippen LogP contribution in [0.1, 0.15) is 19.3 Å². The Bertz CT molecular complexity index is 180. The fourth-order valence-corrected chi connectivity index (χ4v) is 1.72. The molecule has 0 unspecified atom stereocenters. The largest absolute Gasteiger partial charge is 0.395 e. The van der Waals surface area contributed by atoms with Gasteiger partial charge in [0.2, 0.25) is 0 Å². The number of aliphatic hydroxyl groups is 1. The summed E-state index contributed by atoms with van der Waals surface area (Å²) in [5.74, 6) is 0. The van der Waals surface area contributed by atoms with E-state index >= 15 is 0 Å². The number of hydrogen-bond acceptors (Lipinski definition) is 2. The van der Waals surface area contributed by atoms with Crippen molar-refractivity contribution in [1.29, 1.82) is 0 Å². The fraction of sp³-hybridized carbons (Fsp3) is 0.778. The quantitative estimate of drug-likeness (QED) is 0.773. The molecule has 0 bridgehead atoms. The Kier molecular flexibility index (Phi) is 5.10. The highest BCUT2D eigenvalue weighted by Crippen LogP contribution is 2.25. The Morgan fingerprint density at radius 2 is 2.23 bits per heavy atom. The zero-order valence-corrected chi connectivity index (χ0v) is 9.06. The van der Waals surface area contributed by atoms with Gasteiger partial charge in [0.1, 0.15) is 0 Å². The van der Waals surface area contributed by atoms with Crippen LogP contribution in [0.4, 0.5) is 0 Å². The minimum atomic E-state index is 0.183. The first kappa shape index (κ1) is 11.3. The lowest BCUT2D eigenvalue weighted by molar-refractivity contribution is 0.113. The predicted molar refractivity (Wildman–Crippen MR) is 56.1 cm³/mol. The van der Waals surface area contributed by atoms with E-state index in [2.05, 4.69) is 4.90 Å². The molecule has 0 spiro atoms. The van der Waals surface area contributed by atoms with Gasteiger partial charge in [0.05, 0.1) is 6.61 Å². The maximum Gasteiger partial charge on any atom is 0.0558 e. The van der Waals surface area contributed by atoms with Crippen molar-refractivity contribution in [2.75, 3.05) is 19.7 Å². The highest BCUT2D eigenvalue weighted by molar-refractivity contribution is 6.36. The molecular formula is C9H15Cl2NO. The SMILES string of the molecule is OCCN(CC(Cl)=CCl)C1CCC1. The summed E-state index contributed by atoms with van der Waals surface area (Å²) in [6.07, 6.45) is 3.72. The molecule has 0 aromatic carbocycles. The Hall–Kier alpha value is 0.240. The second-order valence-electron chi connectivity index (χ2n) is 3.33. The lowest BCUT2D eigenvalue weighted by Crippen LogP contribution is -2.42. The Labute approximate surface area is 89.1 Å². The van der Waals surface area contributed by atoms with Gasteiger partial charge in [0.15, 0.2) is 0 Å². The molecule has 76 valence electrons. The summed E-state index contributed by atoms with van der Waals surface area (Å²) in [7, 11) is 0. The van der Waals surface area contributed by atoms with Crippen molar-refractivity contribution in [3.8, 4) is 0 Å². The van der Waals surface area contributed by atoms with Crippen molar-refractivity contribution in [2.45, 2.75) is 25.3 Å². The molecule has 1 fully saturated rings. The first-order valence-electron chi connectivity index (χ1n) is 4.57. The van der Waals surface area contributed by atoms with Crippen LogP contribution in [0, 0.1) is 0 Å². The molecule has 0 aromatic heterocycles. The summed E-state index contributed by atoms with van der Waals surface area (Å²) in [5, 5.41) is 9.49. The maximum atomic E-state index is 8.85. The van der Waals surface area contributed by atoms with E-state index in [0.717, 1.165) is 0 Å². The van der Waals surface area contributed by atoms with Gasteiger partial charge in [-0.2, -0.15) is 0 Å². The minimum absolute atomic E-state index is 0.183. The Balaban J connectivity index is 2.36. The van der Waals surface area contributed by atoms with Gasteiger partial charge in [-0.25, -0.2) is 0 Å². The molecule has 1 rings (SSSR count). The maximum absolute atomic E-state index is 8.85. The van der Waals surface area contributed by atoms with Gasteiger partial charge >= 0.3 is 0 Å². The third kappa shape index (κ3) is 3.47. The lowest BCUT2D eigenvalue weighted by atomic mass is 9.91. The topological polar surface area (TPSA) is 23.5 Å². The Morgan fingerprint density at radius 3 is 2.62 bits per heavy atom. The lowest BCUT2D eigenvalue weighted by Gasteiger charge is -2.37. The number of hydrogen-bond donors (Lipinski definition) is 1. The standard InChI is InChI=1S/C9H15Cl2NO/c10-6-8(11)7-12(4-5-13)9-2-1-3-9/h6,9,13H,1-5,7H2. The zero-order chi connectivity index (χ0) is 9.68. The van der Waals surface area contributed by atoms with E-state index in [1.54, 1.807) is 0 Å². The highest BCUT2D eigenvalue weighted by atomic mass is 35.5. The summed E-state index contributed by atoms with van der Waals surface area (Å²) >= 11 is 11.3. The summed E-state index contributed by atoms with van der Waals surface area (Å²) in [6, 6.07) is 0.595. The molecule has 0 atom stereocenters. The minimum Gasteiger partial charge on any atom is -0.395 e. The number of nitrogens with zero attached hydrogens (tertiary/aromatic N) is 1. The summed E-state index contributed by atoms with van der Waals surface area (Å²) in [5.41, 5.74) is 1.39. The van der Waals surface area contributed by atoms with Crippen LogP contribution >= 0.6 is 23.2 Å². The third-order valence-corrected chi connectivity index (χ3v) is 3.05. The third-order valence-electron chi connectivity index (χ3n) is 2.45. The molecule has 1 aliphatic carbocycles. The highest BCUT2D eigenvalue weighted by Gasteiger charge is 2.24. The molecule has 0 aliphatic heterocycles. The van der Waals surface area contributed by atoms with Crippen molar-refractivity contribution >= 4 is 23.2 Å². The van der Waals surface area contributed by atoms with Crippen LogP contribution in [0.25, 0.3) is 0 Å². The second-order valence-corrected chi connectivity index (χ2v) is 4.04. The molecule has 1 aliphatic rings. The van der Waals surface area contributed by atoms with Gasteiger partial charge in [-0.3, -0.25) is 4.90 Å². The monoisotopic (exact) mass is 223 g/mol. The van der Waals surface area contributed by atoms with Crippen molar-refractivity contribution in [3.05, 3.63) is 10.6 Å². The van der Waals surface area contributed by atoms with Crippen LogP contribution in [-0.2, 0) is 0 Å². The molecule has 0 aromatic rings. The van der Waals surface area contributed by atoms with Crippen LogP contribution in [-0.4, -0.2) is 35.7 Å². The van der Waals surface area contributed by atoms with Gasteiger partial charge in [-0.1, -0.05) is 29.6 Å². The number of halogens is 2. The van der Waals surface area contributed by atoms with Crippen molar-refractivity contribution in [2.24, 2.45) is 0 Å². The van der Waals surface area contributed by atoms with Crippen molar-refractivity contribution in [1.82, 2.24) is 4.90 Å². The molecule has 1 saturated carbocycles. The smallest absolute Gasteiger partial charge is 0.0558 e. The van der Waals surface area contributed by atoms with Crippen molar-refractivity contribution < 1.29 is 5.11 Å². The number of rotatable bonds is 5. The van der Waals surface area contributed by atoms with Crippen LogP contribution in [0.15, 0.2) is 10.6 Å². The fourth-order valence-electron chi connectivity index (χ4n) is 1.50. The van der Waals surface area contributed by atoms with Crippen LogP contribution in [0.5, 0.6) is 0 Å². The van der Waals surface area contributed by atoms with E-state index in [-0.39, 0.29) is 6.61 Å². The van der Waals surface area contributed by atoms with Crippen LogP contribution < -0.4 is 0 Å². The summed E-state index contributed by atoms with van der Waals surface area (Å²) in [6.45, 7) is 1.53. The number of aliphatic hydroxyl groups excluding tert-OH is 1. The predicted octanol–water partition coefficient (Wildman–Crippen LogP) is 2.15. The normalized spacial score (nSPS) is 19.2. The zero-order valence-electron chi connectivity index (χ0n) is 7.55. The van der Waals surface area contributed by atoms with Gasteiger partial charge in [0, 0.05) is 29.7 Å². The van der Waals surface area contributed by atoms with E-state index in [0.29, 0.717) is 24.2 Å². The van der Waals surface area contributed by atoms with E-state index in [4.69, 9.17) is 28.3 Å². The summed E-state index contributed by atoms with van der Waals surface area (Å²) in [4.78, 5) is 2.19. The average Bonchev–Trinajstić information content (AvgIpc) is 2.01. The van der Waals surface area contributed by atoms with E-state index in [1.807, 2.05) is 0 Å². The first-order valence-corrected chi connectivity index (χ1v) is 5.39. The molecule has 4 heteroatoms. The molecular weight excluding hydrogens is 209 g/mol. The van der Waals surface area contributed by atoms with Gasteiger partial charge in [-0.05, 0) is 12.8 Å². The second kappa shape index (κ2) is 5.86. The molecule has 0 amide bonds. The van der Waals surface area contributed by atoms with Crippen LogP contribution in [0.2, 0.25) is 0 Å². The molecule has 1 N–H and O–H groups in total. The molecule has 0 heterocycles. The molecule has 13 heavy (non-hydrogen) atoms. The molecule has 2 nitrogen and oxygen atoms in total. The van der Waals surface area contributed by atoms with Crippen molar-refractivity contribution in [3.63, 3.8) is 0 Å². The average molecular weight is 224 g/mol. The molecule has 0 saturated heterocycles. The summed E-state index contributed by atoms with van der Waals surface area (Å²) < 4.78 is 0. The van der Waals surface area contributed by atoms with E-state index < -0.39 is 0 Å². The van der Waals surface area contributed by atoms with Gasteiger partial charge in [0.25, 0.3) is 0 Å². The van der Waals surface area contributed by atoms with E-state index in [1.165, 1.54) is 24.8 Å². The van der Waals surface area contributed by atoms with Gasteiger partial charge < -0.3 is 5.11 Å². The van der Waals surface area contributed by atoms with Crippen LogP contribution in [0.3, 0.4) is 0 Å². The van der Waals surface area contributed by atoms with E-state index in [9.17, 15) is 0 Å². The van der Waals surface area contributed by atoms with Gasteiger partial charge in [-0.15, -0.1) is 0 Å². The molecule has 0 radical (unpaired) electrons. The Morgan fingerprint density at radius 1 is 1.54 bits per heavy atom. The first-order chi connectivity index (χ1) is 6.27.